The fourth-order valence-electron chi connectivity index (χ4n) is 2.55. The molecular formula is C15H15ClN2O4. The fourth-order valence-corrected chi connectivity index (χ4v) is 2.82. The van der Waals surface area contributed by atoms with E-state index in [0.29, 0.717) is 36.0 Å². The number of carbonyl (C=O) groups is 2. The Hall–Kier alpha value is -2.21. The first-order valence-corrected chi connectivity index (χ1v) is 7.28. The van der Waals surface area contributed by atoms with Gasteiger partial charge in [-0.2, -0.15) is 0 Å². The van der Waals surface area contributed by atoms with E-state index in [1.165, 1.54) is 6.08 Å². The molecule has 2 aliphatic rings. The van der Waals surface area contributed by atoms with Crippen LogP contribution in [0.25, 0.3) is 6.08 Å². The van der Waals surface area contributed by atoms with Crippen molar-refractivity contribution < 1.29 is 19.1 Å². The molecule has 0 unspecified atom stereocenters. The average molecular weight is 323 g/mol. The van der Waals surface area contributed by atoms with Crippen LogP contribution in [-0.4, -0.2) is 36.6 Å². The Morgan fingerprint density at radius 2 is 2.18 bits per heavy atom. The van der Waals surface area contributed by atoms with Crippen molar-refractivity contribution in [3.05, 3.63) is 28.8 Å². The average Bonchev–Trinajstić information content (AvgIpc) is 3.13. The monoisotopic (exact) mass is 322 g/mol. The third kappa shape index (κ3) is 2.87. The number of benzene rings is 1. The maximum Gasteiger partial charge on any atom is 0.246 e. The lowest BCUT2D eigenvalue weighted by Gasteiger charge is -2.13. The number of fused-ring (bicyclic) bond motifs is 1. The second-order valence-corrected chi connectivity index (χ2v) is 5.65. The summed E-state index contributed by atoms with van der Waals surface area (Å²) in [5, 5.41) is 0.442. The Labute approximate surface area is 132 Å². The van der Waals surface area contributed by atoms with Crippen LogP contribution in [0.3, 0.4) is 0 Å². The van der Waals surface area contributed by atoms with Crippen LogP contribution in [0, 0.1) is 5.92 Å². The van der Waals surface area contributed by atoms with Gasteiger partial charge in [-0.1, -0.05) is 11.6 Å². The zero-order valence-corrected chi connectivity index (χ0v) is 12.5. The molecule has 0 radical (unpaired) electrons. The van der Waals surface area contributed by atoms with Crippen molar-refractivity contribution in [3.8, 4) is 11.5 Å². The molecule has 1 saturated heterocycles. The van der Waals surface area contributed by atoms with E-state index < -0.39 is 0 Å². The number of hydrogen-bond donors (Lipinski definition) is 1. The molecule has 0 spiro atoms. The summed E-state index contributed by atoms with van der Waals surface area (Å²) in [5.74, 6) is 0.320. The standard InChI is InChI=1S/C15H15ClN2O4/c16-11-5-9(6-12-14(11)22-8-21-12)1-2-13(19)18-4-3-10(7-18)15(17)20/h1-2,5-6,10H,3-4,7-8H2,(H2,17,20)/b2-1-/t10-/m0/s1. The van der Waals surface area contributed by atoms with Crippen molar-refractivity contribution in [3.63, 3.8) is 0 Å². The van der Waals surface area contributed by atoms with E-state index in [4.69, 9.17) is 26.8 Å². The second-order valence-electron chi connectivity index (χ2n) is 5.24. The Bertz CT molecular complexity index is 659. The molecule has 1 aromatic carbocycles. The summed E-state index contributed by atoms with van der Waals surface area (Å²) in [6, 6.07) is 3.46. The summed E-state index contributed by atoms with van der Waals surface area (Å²) in [5.41, 5.74) is 6.00. The van der Waals surface area contributed by atoms with Crippen molar-refractivity contribution in [2.45, 2.75) is 6.42 Å². The molecule has 7 heteroatoms. The third-order valence-electron chi connectivity index (χ3n) is 3.77. The largest absolute Gasteiger partial charge is 0.454 e. The van der Waals surface area contributed by atoms with E-state index in [9.17, 15) is 9.59 Å². The van der Waals surface area contributed by atoms with Crippen LogP contribution in [0.2, 0.25) is 5.02 Å². The number of likely N-dealkylation sites (tertiary alicyclic amines) is 1. The van der Waals surface area contributed by atoms with Gasteiger partial charge < -0.3 is 20.1 Å². The fraction of sp³-hybridized carbons (Fsp3) is 0.333. The molecular weight excluding hydrogens is 308 g/mol. The van der Waals surface area contributed by atoms with Gasteiger partial charge in [-0.05, 0) is 30.2 Å². The highest BCUT2D eigenvalue weighted by Crippen LogP contribution is 2.40. The highest BCUT2D eigenvalue weighted by atomic mass is 35.5. The number of rotatable bonds is 3. The van der Waals surface area contributed by atoms with Crippen LogP contribution in [-0.2, 0) is 9.59 Å². The van der Waals surface area contributed by atoms with Crippen LogP contribution in [0.15, 0.2) is 18.2 Å². The Balaban J connectivity index is 1.68. The lowest BCUT2D eigenvalue weighted by molar-refractivity contribution is -0.125. The van der Waals surface area contributed by atoms with Gasteiger partial charge in [-0.3, -0.25) is 9.59 Å². The van der Waals surface area contributed by atoms with Crippen LogP contribution < -0.4 is 15.2 Å². The molecule has 22 heavy (non-hydrogen) atoms. The van der Waals surface area contributed by atoms with E-state index in [1.54, 1.807) is 23.1 Å². The number of nitrogens with zero attached hydrogens (tertiary/aromatic N) is 1. The molecule has 0 saturated carbocycles. The topological polar surface area (TPSA) is 81.9 Å². The highest BCUT2D eigenvalue weighted by molar-refractivity contribution is 6.32. The zero-order valence-electron chi connectivity index (χ0n) is 11.8. The molecule has 3 rings (SSSR count). The highest BCUT2D eigenvalue weighted by Gasteiger charge is 2.28. The van der Waals surface area contributed by atoms with Gasteiger partial charge in [0, 0.05) is 19.2 Å². The molecule has 2 heterocycles. The molecule has 116 valence electrons. The molecule has 1 aromatic rings. The zero-order chi connectivity index (χ0) is 15.7. The van der Waals surface area contributed by atoms with E-state index in [1.807, 2.05) is 0 Å². The van der Waals surface area contributed by atoms with E-state index >= 15 is 0 Å². The van der Waals surface area contributed by atoms with Gasteiger partial charge in [-0.25, -0.2) is 0 Å². The van der Waals surface area contributed by atoms with Crippen LogP contribution in [0.1, 0.15) is 12.0 Å². The maximum absolute atomic E-state index is 12.1. The quantitative estimate of drug-likeness (QED) is 0.853. The van der Waals surface area contributed by atoms with E-state index in [2.05, 4.69) is 0 Å². The van der Waals surface area contributed by atoms with Gasteiger partial charge in [0.25, 0.3) is 0 Å². The summed E-state index contributed by atoms with van der Waals surface area (Å²) < 4.78 is 10.5. The number of primary amides is 1. The van der Waals surface area contributed by atoms with E-state index in [0.717, 1.165) is 5.56 Å². The van der Waals surface area contributed by atoms with Gasteiger partial charge in [-0.15, -0.1) is 0 Å². The normalized spacial score (nSPS) is 19.9. The smallest absolute Gasteiger partial charge is 0.246 e. The molecule has 2 N–H and O–H groups in total. The summed E-state index contributed by atoms with van der Waals surface area (Å²) in [7, 11) is 0. The minimum atomic E-state index is -0.359. The third-order valence-corrected chi connectivity index (χ3v) is 4.05. The lowest BCUT2D eigenvalue weighted by atomic mass is 10.1. The van der Waals surface area contributed by atoms with Gasteiger partial charge in [0.2, 0.25) is 18.6 Å². The number of carbonyl (C=O) groups excluding carboxylic acids is 2. The Morgan fingerprint density at radius 3 is 2.91 bits per heavy atom. The second kappa shape index (κ2) is 5.88. The van der Waals surface area contributed by atoms with Crippen molar-refractivity contribution in [2.75, 3.05) is 19.9 Å². The predicted molar refractivity (Wildman–Crippen MR) is 80.5 cm³/mol. The Kier molecular flexibility index (Phi) is 3.94. The van der Waals surface area contributed by atoms with Crippen molar-refractivity contribution in [1.29, 1.82) is 0 Å². The van der Waals surface area contributed by atoms with Gasteiger partial charge in [0.05, 0.1) is 10.9 Å². The van der Waals surface area contributed by atoms with Gasteiger partial charge in [0.1, 0.15) is 0 Å². The Morgan fingerprint density at radius 1 is 1.36 bits per heavy atom. The minimum Gasteiger partial charge on any atom is -0.454 e. The van der Waals surface area contributed by atoms with Crippen molar-refractivity contribution in [1.82, 2.24) is 4.90 Å². The summed E-state index contributed by atoms with van der Waals surface area (Å²) in [6.07, 6.45) is 3.73. The molecule has 0 aliphatic carbocycles. The first-order chi connectivity index (χ1) is 10.5. The number of ether oxygens (including phenoxy) is 2. The first kappa shape index (κ1) is 14.7. The van der Waals surface area contributed by atoms with Crippen LogP contribution in [0.5, 0.6) is 11.5 Å². The molecule has 6 nitrogen and oxygen atoms in total. The lowest BCUT2D eigenvalue weighted by Crippen LogP contribution is -2.30. The van der Waals surface area contributed by atoms with Crippen LogP contribution in [0.4, 0.5) is 0 Å². The summed E-state index contributed by atoms with van der Waals surface area (Å²) >= 11 is 6.09. The van der Waals surface area contributed by atoms with Crippen molar-refractivity contribution >= 4 is 29.5 Å². The molecule has 2 amide bonds. The molecule has 0 aromatic heterocycles. The number of amides is 2. The van der Waals surface area contributed by atoms with E-state index in [-0.39, 0.29) is 24.5 Å². The van der Waals surface area contributed by atoms with Crippen molar-refractivity contribution in [2.24, 2.45) is 11.7 Å². The molecule has 1 fully saturated rings. The van der Waals surface area contributed by atoms with Crippen LogP contribution >= 0.6 is 11.6 Å². The number of nitrogens with two attached hydrogens (primary N) is 1. The minimum absolute atomic E-state index is 0.142. The molecule has 0 bridgehead atoms. The summed E-state index contributed by atoms with van der Waals surface area (Å²) in [6.45, 7) is 1.06. The first-order valence-electron chi connectivity index (χ1n) is 6.90. The maximum atomic E-state index is 12.1. The van der Waals surface area contributed by atoms with Gasteiger partial charge in [0.15, 0.2) is 11.5 Å². The van der Waals surface area contributed by atoms with Gasteiger partial charge >= 0.3 is 0 Å². The summed E-state index contributed by atoms with van der Waals surface area (Å²) in [4.78, 5) is 24.8. The molecule has 1 atom stereocenters. The number of hydrogen-bond acceptors (Lipinski definition) is 4. The molecule has 2 aliphatic heterocycles. The predicted octanol–water partition coefficient (Wildman–Crippen LogP) is 1.42. The number of halogens is 1. The SMILES string of the molecule is NC(=O)[C@H]1CCN(C(=O)/C=C\c2cc(Cl)c3c(c2)OCO3)C1.